The van der Waals surface area contributed by atoms with Crippen LogP contribution in [-0.4, -0.2) is 37.7 Å². The van der Waals surface area contributed by atoms with E-state index in [-0.39, 0.29) is 0 Å². The number of hydrogen-bond donors (Lipinski definition) is 1. The van der Waals surface area contributed by atoms with Gasteiger partial charge in [-0.1, -0.05) is 42.5 Å². The molecule has 1 aliphatic heterocycles. The third-order valence-electron chi connectivity index (χ3n) is 4.42. The van der Waals surface area contributed by atoms with Crippen LogP contribution in [0.2, 0.25) is 0 Å². The summed E-state index contributed by atoms with van der Waals surface area (Å²) in [5.41, 5.74) is 3.24. The molecule has 24 heavy (non-hydrogen) atoms. The fourth-order valence-corrected chi connectivity index (χ4v) is 3.07. The van der Waals surface area contributed by atoms with Gasteiger partial charge in [-0.2, -0.15) is 5.26 Å². The van der Waals surface area contributed by atoms with Gasteiger partial charge in [-0.05, 0) is 23.3 Å². The normalized spacial score (nSPS) is 16.5. The van der Waals surface area contributed by atoms with E-state index in [2.05, 4.69) is 46.6 Å². The highest BCUT2D eigenvalue weighted by Crippen LogP contribution is 2.21. The number of nitriles is 1. The van der Waals surface area contributed by atoms with Crippen LogP contribution in [0.1, 0.15) is 22.7 Å². The third kappa shape index (κ3) is 4.42. The van der Waals surface area contributed by atoms with Crippen molar-refractivity contribution in [2.45, 2.75) is 12.6 Å². The Kier molecular flexibility index (Phi) is 5.97. The van der Waals surface area contributed by atoms with Gasteiger partial charge >= 0.3 is 0 Å². The second-order valence-electron chi connectivity index (χ2n) is 6.01. The van der Waals surface area contributed by atoms with Crippen molar-refractivity contribution < 1.29 is 4.74 Å². The Bertz CT molecular complexity index is 658. The second kappa shape index (κ2) is 8.60. The monoisotopic (exact) mass is 321 g/mol. The summed E-state index contributed by atoms with van der Waals surface area (Å²) >= 11 is 0. The molecule has 4 nitrogen and oxygen atoms in total. The summed E-state index contributed by atoms with van der Waals surface area (Å²) in [5.74, 6) is 0. The number of benzene rings is 2. The molecule has 0 unspecified atom stereocenters. The van der Waals surface area contributed by atoms with Crippen molar-refractivity contribution in [3.8, 4) is 6.07 Å². The first-order valence-corrected chi connectivity index (χ1v) is 8.43. The van der Waals surface area contributed by atoms with E-state index in [0.717, 1.165) is 39.4 Å². The van der Waals surface area contributed by atoms with E-state index in [1.807, 2.05) is 24.3 Å². The van der Waals surface area contributed by atoms with Gasteiger partial charge in [0.15, 0.2) is 0 Å². The van der Waals surface area contributed by atoms with Crippen molar-refractivity contribution in [3.63, 3.8) is 0 Å². The quantitative estimate of drug-likeness (QED) is 0.889. The molecule has 2 aromatic carbocycles. The van der Waals surface area contributed by atoms with Gasteiger partial charge in [0.05, 0.1) is 24.8 Å². The second-order valence-corrected chi connectivity index (χ2v) is 6.01. The number of ether oxygens (including phenoxy) is 1. The standard InChI is InChI=1S/C20H23N3O/c21-14-17-6-8-18(9-7-17)15-22-16-20(19-4-2-1-3-5-19)23-10-12-24-13-11-23/h1-9,20,22H,10-13,15-16H2/t20-/m1/s1. The van der Waals surface area contributed by atoms with Gasteiger partial charge in [0, 0.05) is 32.2 Å². The van der Waals surface area contributed by atoms with Crippen LogP contribution < -0.4 is 5.32 Å². The van der Waals surface area contributed by atoms with Crippen molar-refractivity contribution in [2.24, 2.45) is 0 Å². The van der Waals surface area contributed by atoms with E-state index in [4.69, 9.17) is 10.00 Å². The zero-order valence-corrected chi connectivity index (χ0v) is 13.8. The molecule has 0 amide bonds. The lowest BCUT2D eigenvalue weighted by molar-refractivity contribution is 0.0161. The van der Waals surface area contributed by atoms with Crippen LogP contribution in [0.3, 0.4) is 0 Å². The number of hydrogen-bond acceptors (Lipinski definition) is 4. The van der Waals surface area contributed by atoms with E-state index in [0.29, 0.717) is 11.6 Å². The molecule has 4 heteroatoms. The van der Waals surface area contributed by atoms with E-state index in [9.17, 15) is 0 Å². The summed E-state index contributed by atoms with van der Waals surface area (Å²) in [7, 11) is 0. The van der Waals surface area contributed by atoms with E-state index in [1.165, 1.54) is 11.1 Å². The van der Waals surface area contributed by atoms with Gasteiger partial charge in [0.25, 0.3) is 0 Å². The predicted octanol–water partition coefficient (Wildman–Crippen LogP) is 2.72. The van der Waals surface area contributed by atoms with Crippen molar-refractivity contribution >= 4 is 0 Å². The molecular weight excluding hydrogens is 298 g/mol. The molecule has 1 N–H and O–H groups in total. The average Bonchev–Trinajstić information content (AvgIpc) is 2.67. The van der Waals surface area contributed by atoms with Crippen molar-refractivity contribution in [1.82, 2.24) is 10.2 Å². The van der Waals surface area contributed by atoms with Gasteiger partial charge < -0.3 is 10.1 Å². The molecule has 1 fully saturated rings. The Morgan fingerprint density at radius 2 is 1.75 bits per heavy atom. The number of nitrogens with zero attached hydrogens (tertiary/aromatic N) is 2. The summed E-state index contributed by atoms with van der Waals surface area (Å²) in [4.78, 5) is 2.49. The van der Waals surface area contributed by atoms with Gasteiger partial charge in [0.1, 0.15) is 0 Å². The summed E-state index contributed by atoms with van der Waals surface area (Å²) in [6.07, 6.45) is 0. The minimum atomic E-state index is 0.355. The fourth-order valence-electron chi connectivity index (χ4n) is 3.07. The molecule has 2 aromatic rings. The molecule has 0 spiro atoms. The molecule has 0 aliphatic carbocycles. The molecule has 1 aliphatic rings. The van der Waals surface area contributed by atoms with Crippen LogP contribution >= 0.6 is 0 Å². The summed E-state index contributed by atoms with van der Waals surface area (Å²) in [6, 6.07) is 20.9. The van der Waals surface area contributed by atoms with Gasteiger partial charge in [-0.15, -0.1) is 0 Å². The molecule has 0 saturated carbocycles. The molecule has 3 rings (SSSR count). The van der Waals surface area contributed by atoms with Gasteiger partial charge in [-0.3, -0.25) is 4.90 Å². The predicted molar refractivity (Wildman–Crippen MR) is 94.4 cm³/mol. The Morgan fingerprint density at radius 1 is 1.04 bits per heavy atom. The Labute approximate surface area is 143 Å². The molecule has 1 atom stereocenters. The lowest BCUT2D eigenvalue weighted by Gasteiger charge is -2.35. The number of nitrogens with one attached hydrogen (secondary N) is 1. The zero-order chi connectivity index (χ0) is 16.6. The summed E-state index contributed by atoms with van der Waals surface area (Å²) < 4.78 is 5.49. The lowest BCUT2D eigenvalue weighted by atomic mass is 10.0. The Morgan fingerprint density at radius 3 is 2.42 bits per heavy atom. The smallest absolute Gasteiger partial charge is 0.0991 e. The highest BCUT2D eigenvalue weighted by Gasteiger charge is 2.22. The first-order valence-electron chi connectivity index (χ1n) is 8.43. The SMILES string of the molecule is N#Cc1ccc(CNC[C@H](c2ccccc2)N2CCOCC2)cc1. The van der Waals surface area contributed by atoms with Crippen LogP contribution in [0.5, 0.6) is 0 Å². The van der Waals surface area contributed by atoms with Crippen molar-refractivity contribution in [2.75, 3.05) is 32.8 Å². The first-order chi connectivity index (χ1) is 11.9. The maximum absolute atomic E-state index is 8.87. The number of morpholine rings is 1. The van der Waals surface area contributed by atoms with Crippen LogP contribution in [0.15, 0.2) is 54.6 Å². The van der Waals surface area contributed by atoms with E-state index >= 15 is 0 Å². The molecule has 0 bridgehead atoms. The van der Waals surface area contributed by atoms with Crippen molar-refractivity contribution in [1.29, 1.82) is 5.26 Å². The highest BCUT2D eigenvalue weighted by molar-refractivity contribution is 5.31. The Hall–Kier alpha value is -2.19. The van der Waals surface area contributed by atoms with Crippen LogP contribution in [-0.2, 0) is 11.3 Å². The molecule has 124 valence electrons. The minimum absolute atomic E-state index is 0.355. The minimum Gasteiger partial charge on any atom is -0.379 e. The van der Waals surface area contributed by atoms with Crippen molar-refractivity contribution in [3.05, 3.63) is 71.3 Å². The molecule has 0 aromatic heterocycles. The molecular formula is C20H23N3O. The highest BCUT2D eigenvalue weighted by atomic mass is 16.5. The molecule has 0 radical (unpaired) electrons. The summed E-state index contributed by atoms with van der Waals surface area (Å²) in [5, 5.41) is 12.4. The maximum atomic E-state index is 8.87. The summed E-state index contributed by atoms with van der Waals surface area (Å²) in [6.45, 7) is 5.25. The van der Waals surface area contributed by atoms with Gasteiger partial charge in [-0.25, -0.2) is 0 Å². The van der Waals surface area contributed by atoms with Crippen LogP contribution in [0.25, 0.3) is 0 Å². The topological polar surface area (TPSA) is 48.3 Å². The van der Waals surface area contributed by atoms with Gasteiger partial charge in [0.2, 0.25) is 0 Å². The third-order valence-corrected chi connectivity index (χ3v) is 4.42. The Balaban J connectivity index is 1.62. The molecule has 1 saturated heterocycles. The fraction of sp³-hybridized carbons (Fsp3) is 0.350. The largest absolute Gasteiger partial charge is 0.379 e. The van der Waals surface area contributed by atoms with Crippen LogP contribution in [0, 0.1) is 11.3 Å². The number of rotatable bonds is 6. The van der Waals surface area contributed by atoms with E-state index < -0.39 is 0 Å². The maximum Gasteiger partial charge on any atom is 0.0991 e. The van der Waals surface area contributed by atoms with Crippen LogP contribution in [0.4, 0.5) is 0 Å². The molecule has 1 heterocycles. The average molecular weight is 321 g/mol. The lowest BCUT2D eigenvalue weighted by Crippen LogP contribution is -2.42. The zero-order valence-electron chi connectivity index (χ0n) is 13.8. The first kappa shape index (κ1) is 16.7. The van der Waals surface area contributed by atoms with E-state index in [1.54, 1.807) is 0 Å².